The van der Waals surface area contributed by atoms with Crippen LogP contribution in [0.4, 0.5) is 13.2 Å². The zero-order valence-corrected chi connectivity index (χ0v) is 10.7. The lowest BCUT2D eigenvalue weighted by atomic mass is 10.1. The third kappa shape index (κ3) is 4.41. The summed E-state index contributed by atoms with van der Waals surface area (Å²) < 4.78 is 38.4. The highest BCUT2D eigenvalue weighted by atomic mass is 35.5. The summed E-state index contributed by atoms with van der Waals surface area (Å²) in [5.41, 5.74) is 5.52. The van der Waals surface area contributed by atoms with Gasteiger partial charge in [0.25, 0.3) is 0 Å². The first-order valence-corrected chi connectivity index (χ1v) is 6.35. The van der Waals surface area contributed by atoms with Gasteiger partial charge >= 0.3 is 6.18 Å². The molecule has 1 nitrogen and oxygen atoms in total. The van der Waals surface area contributed by atoms with Crippen LogP contribution < -0.4 is 5.73 Å². The Morgan fingerprint density at radius 3 is 2.53 bits per heavy atom. The molecule has 2 unspecified atom stereocenters. The lowest BCUT2D eigenvalue weighted by Gasteiger charge is -2.24. The van der Waals surface area contributed by atoms with Crippen LogP contribution in [0.1, 0.15) is 13.3 Å². The van der Waals surface area contributed by atoms with Crippen LogP contribution in [0.5, 0.6) is 0 Å². The molecule has 1 aromatic carbocycles. The maximum Gasteiger partial charge on any atom is 0.402 e. The van der Waals surface area contributed by atoms with E-state index in [4.69, 9.17) is 17.3 Å². The number of thioether (sulfide) groups is 1. The molecule has 2 atom stereocenters. The molecule has 1 rings (SSSR count). The van der Waals surface area contributed by atoms with Crippen LogP contribution in [0.25, 0.3) is 0 Å². The van der Waals surface area contributed by atoms with Gasteiger partial charge in [-0.1, -0.05) is 24.6 Å². The van der Waals surface area contributed by atoms with E-state index in [1.54, 1.807) is 25.1 Å². The number of hydrogen-bond donors (Lipinski definition) is 1. The van der Waals surface area contributed by atoms with Crippen molar-refractivity contribution in [2.45, 2.75) is 35.7 Å². The van der Waals surface area contributed by atoms with Gasteiger partial charge in [0.15, 0.2) is 0 Å². The van der Waals surface area contributed by atoms with Crippen molar-refractivity contribution < 1.29 is 13.2 Å². The van der Waals surface area contributed by atoms with Crippen LogP contribution in [0.3, 0.4) is 0 Å². The highest BCUT2D eigenvalue weighted by molar-refractivity contribution is 8.00. The van der Waals surface area contributed by atoms with E-state index >= 15 is 0 Å². The summed E-state index contributed by atoms with van der Waals surface area (Å²) in [7, 11) is 0. The molecule has 1 aromatic rings. The van der Waals surface area contributed by atoms with Crippen molar-refractivity contribution >= 4 is 23.4 Å². The minimum absolute atomic E-state index is 0.276. The molecule has 0 amide bonds. The smallest absolute Gasteiger partial charge is 0.326 e. The van der Waals surface area contributed by atoms with Crippen molar-refractivity contribution in [1.29, 1.82) is 0 Å². The summed E-state index contributed by atoms with van der Waals surface area (Å²) in [5, 5.41) is -1.19. The molecule has 0 bridgehead atoms. The molecule has 0 spiro atoms. The molecule has 6 heteroatoms. The number of nitrogens with two attached hydrogens (primary N) is 1. The Balaban J connectivity index is 2.87. The quantitative estimate of drug-likeness (QED) is 0.842. The molecule has 0 saturated heterocycles. The van der Waals surface area contributed by atoms with Gasteiger partial charge < -0.3 is 5.73 Å². The average molecular weight is 284 g/mol. The summed E-state index contributed by atoms with van der Waals surface area (Å²) in [6.07, 6.45) is -4.04. The number of hydrogen-bond acceptors (Lipinski definition) is 2. The topological polar surface area (TPSA) is 26.0 Å². The second-order valence-corrected chi connectivity index (χ2v) is 5.26. The van der Waals surface area contributed by atoms with E-state index < -0.39 is 17.5 Å². The monoisotopic (exact) mass is 283 g/mol. The van der Waals surface area contributed by atoms with Crippen molar-refractivity contribution in [3.05, 3.63) is 29.3 Å². The van der Waals surface area contributed by atoms with Crippen LogP contribution in [-0.2, 0) is 0 Å². The maximum atomic E-state index is 12.8. The molecule has 0 aliphatic rings. The number of rotatable bonds is 4. The van der Waals surface area contributed by atoms with E-state index in [-0.39, 0.29) is 6.42 Å². The molecule has 0 saturated carbocycles. The average Bonchev–Trinajstić information content (AvgIpc) is 2.23. The summed E-state index contributed by atoms with van der Waals surface area (Å²) in [5.74, 6) is 0. The Morgan fingerprint density at radius 1 is 1.41 bits per heavy atom. The zero-order chi connectivity index (χ0) is 13.1. The Kier molecular flexibility index (Phi) is 5.16. The van der Waals surface area contributed by atoms with Gasteiger partial charge in [0.2, 0.25) is 0 Å². The van der Waals surface area contributed by atoms with Gasteiger partial charge in [-0.05, 0) is 24.6 Å². The van der Waals surface area contributed by atoms with Crippen molar-refractivity contribution in [1.82, 2.24) is 0 Å². The molecule has 0 radical (unpaired) electrons. The fourth-order valence-electron chi connectivity index (χ4n) is 1.30. The molecule has 17 heavy (non-hydrogen) atoms. The van der Waals surface area contributed by atoms with Gasteiger partial charge in [-0.25, -0.2) is 0 Å². The lowest BCUT2D eigenvalue weighted by molar-refractivity contribution is -0.132. The van der Waals surface area contributed by atoms with E-state index in [2.05, 4.69) is 0 Å². The van der Waals surface area contributed by atoms with E-state index in [1.165, 1.54) is 6.07 Å². The Labute approximate surface area is 108 Å². The largest absolute Gasteiger partial charge is 0.402 e. The van der Waals surface area contributed by atoms with Crippen LogP contribution >= 0.6 is 23.4 Å². The van der Waals surface area contributed by atoms with Crippen molar-refractivity contribution in [3.8, 4) is 0 Å². The summed E-state index contributed by atoms with van der Waals surface area (Å²) in [6.45, 7) is 1.64. The standard InChI is InChI=1S/C11H13ClF3NS/c1-2-9(16)10(11(13,14)15)17-8-5-3-4-7(12)6-8/h3-6,9-10H,2,16H2,1H3. The first kappa shape index (κ1) is 14.7. The van der Waals surface area contributed by atoms with E-state index in [0.717, 1.165) is 0 Å². The number of alkyl halides is 3. The molecule has 0 aliphatic carbocycles. The normalized spacial score (nSPS) is 15.6. The minimum atomic E-state index is -4.32. The molecule has 0 aromatic heterocycles. The fraction of sp³-hybridized carbons (Fsp3) is 0.455. The van der Waals surface area contributed by atoms with Crippen LogP contribution in [0.2, 0.25) is 5.02 Å². The molecule has 0 heterocycles. The highest BCUT2D eigenvalue weighted by Crippen LogP contribution is 2.37. The number of benzene rings is 1. The second kappa shape index (κ2) is 5.98. The highest BCUT2D eigenvalue weighted by Gasteiger charge is 2.43. The van der Waals surface area contributed by atoms with Gasteiger partial charge in [0, 0.05) is 16.0 Å². The third-order valence-electron chi connectivity index (χ3n) is 2.24. The maximum absolute atomic E-state index is 12.8. The summed E-state index contributed by atoms with van der Waals surface area (Å²) >= 11 is 6.44. The molecular formula is C11H13ClF3NS. The minimum Gasteiger partial charge on any atom is -0.326 e. The molecule has 96 valence electrons. The predicted molar refractivity (Wildman–Crippen MR) is 65.4 cm³/mol. The van der Waals surface area contributed by atoms with Crippen molar-refractivity contribution in [3.63, 3.8) is 0 Å². The van der Waals surface area contributed by atoms with Crippen LogP contribution in [0.15, 0.2) is 29.2 Å². The van der Waals surface area contributed by atoms with Crippen molar-refractivity contribution in [2.24, 2.45) is 5.73 Å². The van der Waals surface area contributed by atoms with Crippen LogP contribution in [0, 0.1) is 0 Å². The van der Waals surface area contributed by atoms with Gasteiger partial charge in [0.1, 0.15) is 5.25 Å². The van der Waals surface area contributed by atoms with Gasteiger partial charge in [-0.15, -0.1) is 11.8 Å². The summed E-state index contributed by atoms with van der Waals surface area (Å²) in [6, 6.07) is 5.42. The molecular weight excluding hydrogens is 271 g/mol. The first-order chi connectivity index (χ1) is 7.84. The number of halogens is 4. The SMILES string of the molecule is CCC(N)C(Sc1cccc(Cl)c1)C(F)(F)F. The van der Waals surface area contributed by atoms with Gasteiger partial charge in [-0.2, -0.15) is 13.2 Å². The van der Waals surface area contributed by atoms with Gasteiger partial charge in [-0.3, -0.25) is 0 Å². The van der Waals surface area contributed by atoms with E-state index in [0.29, 0.717) is 21.7 Å². The Hall–Kier alpha value is -0.390. The molecule has 0 aliphatic heterocycles. The third-order valence-corrected chi connectivity index (χ3v) is 3.87. The molecule has 0 fully saturated rings. The zero-order valence-electron chi connectivity index (χ0n) is 9.17. The Bertz CT molecular complexity index is 370. The second-order valence-electron chi connectivity index (χ2n) is 3.61. The van der Waals surface area contributed by atoms with Crippen molar-refractivity contribution in [2.75, 3.05) is 0 Å². The van der Waals surface area contributed by atoms with E-state index in [1.807, 2.05) is 0 Å². The van der Waals surface area contributed by atoms with Crippen LogP contribution in [-0.4, -0.2) is 17.5 Å². The summed E-state index contributed by atoms with van der Waals surface area (Å²) in [4.78, 5) is 0.476. The fourth-order valence-corrected chi connectivity index (χ4v) is 2.70. The lowest BCUT2D eigenvalue weighted by Crippen LogP contribution is -2.42. The molecule has 2 N–H and O–H groups in total. The predicted octanol–water partition coefficient (Wildman–Crippen LogP) is 4.10. The first-order valence-electron chi connectivity index (χ1n) is 5.09. The Morgan fingerprint density at radius 2 is 2.06 bits per heavy atom. The van der Waals surface area contributed by atoms with Gasteiger partial charge in [0.05, 0.1) is 0 Å². The van der Waals surface area contributed by atoms with E-state index in [9.17, 15) is 13.2 Å².